The number of carbonyl (C=O) groups excluding carboxylic acids is 2. The van der Waals surface area contributed by atoms with Crippen molar-refractivity contribution in [3.8, 4) is 0 Å². The van der Waals surface area contributed by atoms with Crippen LogP contribution in [-0.2, 0) is 19.6 Å². The highest BCUT2D eigenvalue weighted by molar-refractivity contribution is 7.89. The van der Waals surface area contributed by atoms with E-state index in [4.69, 9.17) is 9.15 Å². The molecule has 0 aliphatic carbocycles. The molecule has 2 rings (SSSR count). The van der Waals surface area contributed by atoms with E-state index < -0.39 is 15.9 Å². The minimum atomic E-state index is -3.45. The van der Waals surface area contributed by atoms with Gasteiger partial charge in [0.15, 0.2) is 5.76 Å². The minimum Gasteiger partial charge on any atom is -0.459 e. The number of ether oxygens (including phenoxy) is 1. The zero-order valence-corrected chi connectivity index (χ0v) is 15.8. The molecule has 2 heterocycles. The zero-order chi connectivity index (χ0) is 19.2. The van der Waals surface area contributed by atoms with E-state index in [0.29, 0.717) is 13.1 Å². The number of furan rings is 1. The largest absolute Gasteiger partial charge is 0.459 e. The fraction of sp³-hybridized carbons (Fsp3) is 0.625. The van der Waals surface area contributed by atoms with Gasteiger partial charge in [-0.15, -0.1) is 0 Å². The maximum absolute atomic E-state index is 12.3. The first-order chi connectivity index (χ1) is 12.3. The Labute approximate surface area is 153 Å². The van der Waals surface area contributed by atoms with E-state index in [9.17, 15) is 18.0 Å². The highest BCUT2D eigenvalue weighted by Crippen LogP contribution is 2.14. The Bertz CT molecular complexity index is 694. The SMILES string of the molecule is C[C@@H]1CN(S(=O)(=O)CCNC(=O)CCNC(=O)c2ccco2)C[C@@H](C)O1. The van der Waals surface area contributed by atoms with Gasteiger partial charge in [-0.2, -0.15) is 4.31 Å². The highest BCUT2D eigenvalue weighted by atomic mass is 32.2. The molecule has 0 aromatic carbocycles. The summed E-state index contributed by atoms with van der Waals surface area (Å²) in [6.07, 6.45) is 1.14. The second kappa shape index (κ2) is 9.15. The average Bonchev–Trinajstić information content (AvgIpc) is 3.08. The summed E-state index contributed by atoms with van der Waals surface area (Å²) in [5.41, 5.74) is 0. The van der Waals surface area contributed by atoms with Crippen LogP contribution in [0.1, 0.15) is 30.8 Å². The third-order valence-corrected chi connectivity index (χ3v) is 5.65. The van der Waals surface area contributed by atoms with E-state index in [1.807, 2.05) is 13.8 Å². The molecular weight excluding hydrogens is 362 g/mol. The first-order valence-electron chi connectivity index (χ1n) is 8.49. The molecule has 0 unspecified atom stereocenters. The number of amides is 2. The van der Waals surface area contributed by atoms with Crippen LogP contribution in [-0.4, -0.2) is 68.7 Å². The molecule has 0 radical (unpaired) electrons. The number of hydrogen-bond acceptors (Lipinski definition) is 6. The second-order valence-electron chi connectivity index (χ2n) is 6.22. The molecule has 0 saturated carbocycles. The predicted molar refractivity (Wildman–Crippen MR) is 94.0 cm³/mol. The van der Waals surface area contributed by atoms with Gasteiger partial charge in [-0.1, -0.05) is 0 Å². The van der Waals surface area contributed by atoms with Crippen molar-refractivity contribution in [3.05, 3.63) is 24.2 Å². The van der Waals surface area contributed by atoms with E-state index in [-0.39, 0.29) is 49.1 Å². The van der Waals surface area contributed by atoms with Crippen LogP contribution in [0.5, 0.6) is 0 Å². The van der Waals surface area contributed by atoms with E-state index in [1.54, 1.807) is 6.07 Å². The smallest absolute Gasteiger partial charge is 0.286 e. The molecule has 26 heavy (non-hydrogen) atoms. The first-order valence-corrected chi connectivity index (χ1v) is 10.1. The summed E-state index contributed by atoms with van der Waals surface area (Å²) >= 11 is 0. The Kier molecular flexibility index (Phi) is 7.18. The van der Waals surface area contributed by atoms with Gasteiger partial charge in [0.25, 0.3) is 5.91 Å². The standard InChI is InChI=1S/C16H25N3O6S/c1-12-10-19(11-13(2)25-12)26(22,23)9-7-17-15(20)5-6-18-16(21)14-4-3-8-24-14/h3-4,8,12-13H,5-7,9-11H2,1-2H3,(H,17,20)(H,18,21)/t12-,13-/m1/s1. The van der Waals surface area contributed by atoms with E-state index in [2.05, 4.69) is 10.6 Å². The van der Waals surface area contributed by atoms with Crippen molar-refractivity contribution >= 4 is 21.8 Å². The van der Waals surface area contributed by atoms with Crippen molar-refractivity contribution in [1.29, 1.82) is 0 Å². The van der Waals surface area contributed by atoms with Gasteiger partial charge in [-0.25, -0.2) is 8.42 Å². The Balaban J connectivity index is 1.66. The van der Waals surface area contributed by atoms with Gasteiger partial charge in [0, 0.05) is 32.6 Å². The molecule has 2 atom stereocenters. The molecular formula is C16H25N3O6S. The van der Waals surface area contributed by atoms with Crippen LogP contribution in [0, 0.1) is 0 Å². The molecule has 146 valence electrons. The van der Waals surface area contributed by atoms with Crippen molar-refractivity contribution in [2.75, 3.05) is 31.9 Å². The van der Waals surface area contributed by atoms with Crippen LogP contribution >= 0.6 is 0 Å². The van der Waals surface area contributed by atoms with Crippen LogP contribution in [0.25, 0.3) is 0 Å². The van der Waals surface area contributed by atoms with Crippen molar-refractivity contribution in [2.24, 2.45) is 0 Å². The molecule has 10 heteroatoms. The molecule has 1 aromatic heterocycles. The van der Waals surface area contributed by atoms with Gasteiger partial charge in [0.1, 0.15) is 0 Å². The minimum absolute atomic E-state index is 0.0212. The lowest BCUT2D eigenvalue weighted by molar-refractivity contribution is -0.120. The van der Waals surface area contributed by atoms with E-state index in [0.717, 1.165) is 0 Å². The van der Waals surface area contributed by atoms with Gasteiger partial charge in [-0.3, -0.25) is 9.59 Å². The maximum Gasteiger partial charge on any atom is 0.286 e. The van der Waals surface area contributed by atoms with Crippen LogP contribution in [0.2, 0.25) is 0 Å². The lowest BCUT2D eigenvalue weighted by Gasteiger charge is -2.34. The Hall–Kier alpha value is -1.91. The average molecular weight is 387 g/mol. The molecule has 1 aromatic rings. The normalized spacial score (nSPS) is 21.3. The lowest BCUT2D eigenvalue weighted by Crippen LogP contribution is -2.49. The van der Waals surface area contributed by atoms with Gasteiger partial charge >= 0.3 is 0 Å². The number of hydrogen-bond donors (Lipinski definition) is 2. The molecule has 9 nitrogen and oxygen atoms in total. The van der Waals surface area contributed by atoms with Crippen molar-refractivity contribution in [2.45, 2.75) is 32.5 Å². The van der Waals surface area contributed by atoms with Crippen molar-refractivity contribution in [1.82, 2.24) is 14.9 Å². The molecule has 0 bridgehead atoms. The number of nitrogens with one attached hydrogen (secondary N) is 2. The van der Waals surface area contributed by atoms with Crippen molar-refractivity contribution < 1.29 is 27.2 Å². The van der Waals surface area contributed by atoms with Crippen LogP contribution in [0.15, 0.2) is 22.8 Å². The molecule has 2 N–H and O–H groups in total. The summed E-state index contributed by atoms with van der Waals surface area (Å²) in [5, 5.41) is 5.11. The fourth-order valence-electron chi connectivity index (χ4n) is 2.68. The third-order valence-electron chi connectivity index (χ3n) is 3.84. The molecule has 2 amide bonds. The predicted octanol–water partition coefficient (Wildman–Crippen LogP) is -0.0453. The number of carbonyl (C=O) groups is 2. The maximum atomic E-state index is 12.3. The van der Waals surface area contributed by atoms with Gasteiger partial charge in [-0.05, 0) is 26.0 Å². The summed E-state index contributed by atoms with van der Waals surface area (Å²) in [6.45, 7) is 4.46. The molecule has 1 aliphatic rings. The second-order valence-corrected chi connectivity index (χ2v) is 8.31. The molecule has 0 spiro atoms. The summed E-state index contributed by atoms with van der Waals surface area (Å²) in [7, 11) is -3.45. The van der Waals surface area contributed by atoms with Gasteiger partial charge in [0.05, 0.1) is 24.2 Å². The fourth-order valence-corrected chi connectivity index (χ4v) is 4.17. The molecule has 1 aliphatic heterocycles. The van der Waals surface area contributed by atoms with Crippen LogP contribution < -0.4 is 10.6 Å². The van der Waals surface area contributed by atoms with Gasteiger partial charge in [0.2, 0.25) is 15.9 Å². The summed E-state index contributed by atoms with van der Waals surface area (Å²) in [5.74, 6) is -0.730. The number of rotatable bonds is 8. The zero-order valence-electron chi connectivity index (χ0n) is 14.9. The summed E-state index contributed by atoms with van der Waals surface area (Å²) in [4.78, 5) is 23.4. The molecule has 1 fully saturated rings. The lowest BCUT2D eigenvalue weighted by atomic mass is 10.3. The molecule has 1 saturated heterocycles. The third kappa shape index (κ3) is 6.11. The Morgan fingerprint density at radius 1 is 1.19 bits per heavy atom. The summed E-state index contributed by atoms with van der Waals surface area (Å²) < 4.78 is 36.6. The topological polar surface area (TPSA) is 118 Å². The summed E-state index contributed by atoms with van der Waals surface area (Å²) in [6, 6.07) is 3.12. The Morgan fingerprint density at radius 2 is 1.88 bits per heavy atom. The van der Waals surface area contributed by atoms with E-state index in [1.165, 1.54) is 16.6 Å². The first kappa shape index (κ1) is 20.4. The van der Waals surface area contributed by atoms with Crippen molar-refractivity contribution in [3.63, 3.8) is 0 Å². The number of sulfonamides is 1. The van der Waals surface area contributed by atoms with Crippen LogP contribution in [0.3, 0.4) is 0 Å². The monoisotopic (exact) mass is 387 g/mol. The van der Waals surface area contributed by atoms with Crippen LogP contribution in [0.4, 0.5) is 0 Å². The highest BCUT2D eigenvalue weighted by Gasteiger charge is 2.30. The number of morpholine rings is 1. The quantitative estimate of drug-likeness (QED) is 0.646. The van der Waals surface area contributed by atoms with E-state index >= 15 is 0 Å². The van der Waals surface area contributed by atoms with Gasteiger partial charge < -0.3 is 19.8 Å². The number of nitrogens with zero attached hydrogens (tertiary/aromatic N) is 1. The Morgan fingerprint density at radius 3 is 2.50 bits per heavy atom.